The first kappa shape index (κ1) is 23.1. The fourth-order valence-electron chi connectivity index (χ4n) is 3.53. The Labute approximate surface area is 192 Å². The van der Waals surface area contributed by atoms with E-state index in [0.29, 0.717) is 24.4 Å². The van der Waals surface area contributed by atoms with Gasteiger partial charge in [0.25, 0.3) is 0 Å². The van der Waals surface area contributed by atoms with Crippen molar-refractivity contribution in [3.05, 3.63) is 54.1 Å². The number of hydrogen-bond acceptors (Lipinski definition) is 9. The Kier molecular flexibility index (Phi) is 6.95. The molecule has 10 nitrogen and oxygen atoms in total. The van der Waals surface area contributed by atoms with Gasteiger partial charge >= 0.3 is 23.8 Å². The van der Waals surface area contributed by atoms with Crippen molar-refractivity contribution in [2.75, 3.05) is 17.7 Å². The van der Waals surface area contributed by atoms with Crippen molar-refractivity contribution in [2.24, 2.45) is 5.92 Å². The summed E-state index contributed by atoms with van der Waals surface area (Å²) < 4.78 is 42.2. The van der Waals surface area contributed by atoms with Crippen LogP contribution in [0.4, 0.5) is 26.2 Å². The molecule has 0 aliphatic heterocycles. The highest BCUT2D eigenvalue weighted by Crippen LogP contribution is 2.28. The van der Waals surface area contributed by atoms with E-state index in [1.54, 1.807) is 12.1 Å². The molecule has 2 heterocycles. The molecule has 0 unspecified atom stereocenters. The van der Waals surface area contributed by atoms with Gasteiger partial charge in [0.15, 0.2) is 11.6 Å². The van der Waals surface area contributed by atoms with Crippen molar-refractivity contribution in [2.45, 2.75) is 31.8 Å². The molecular formula is C22H21F2N5O5. The largest absolute Gasteiger partial charge is 0.474 e. The lowest BCUT2D eigenvalue weighted by Crippen LogP contribution is -2.28. The van der Waals surface area contributed by atoms with Gasteiger partial charge in [-0.15, -0.1) is 5.10 Å². The maximum absolute atomic E-state index is 13.3. The van der Waals surface area contributed by atoms with E-state index in [1.807, 2.05) is 0 Å². The monoisotopic (exact) mass is 473 g/mol. The lowest BCUT2D eigenvalue weighted by molar-refractivity contribution is -0.147. The first-order chi connectivity index (χ1) is 16.4. The highest BCUT2D eigenvalue weighted by atomic mass is 19.2. The van der Waals surface area contributed by atoms with Crippen molar-refractivity contribution >= 4 is 29.3 Å². The van der Waals surface area contributed by atoms with Gasteiger partial charge in [-0.1, -0.05) is 5.10 Å². The predicted molar refractivity (Wildman–Crippen MR) is 115 cm³/mol. The van der Waals surface area contributed by atoms with E-state index >= 15 is 0 Å². The molecule has 0 radical (unpaired) electrons. The number of rotatable bonds is 7. The Morgan fingerprint density at radius 1 is 1.03 bits per heavy atom. The zero-order chi connectivity index (χ0) is 24.1. The second-order valence-electron chi connectivity index (χ2n) is 7.62. The molecule has 2 N–H and O–H groups in total. The summed E-state index contributed by atoms with van der Waals surface area (Å²) in [5.41, 5.74) is 0.549. The molecule has 2 aromatic heterocycles. The Bertz CT molecular complexity index is 1160. The minimum absolute atomic E-state index is 0.0484. The maximum Gasteiger partial charge on any atom is 0.320 e. The van der Waals surface area contributed by atoms with Gasteiger partial charge in [0.05, 0.1) is 24.9 Å². The van der Waals surface area contributed by atoms with Gasteiger partial charge < -0.3 is 24.5 Å². The SMILES string of the molecule is COC(=O)C1CCC(Oc2ccc(NC(=O)c3nnc(Nc4ccc(F)c(F)c4)o3)cn2)CC1. The maximum atomic E-state index is 13.3. The number of nitrogens with one attached hydrogen (secondary N) is 2. The van der Waals surface area contributed by atoms with Crippen LogP contribution in [-0.4, -0.2) is 40.3 Å². The van der Waals surface area contributed by atoms with E-state index in [1.165, 1.54) is 19.4 Å². The van der Waals surface area contributed by atoms with E-state index in [4.69, 9.17) is 13.9 Å². The van der Waals surface area contributed by atoms with Gasteiger partial charge in [0.2, 0.25) is 5.88 Å². The number of carbonyl (C=O) groups is 2. The van der Waals surface area contributed by atoms with E-state index in [9.17, 15) is 18.4 Å². The fourth-order valence-corrected chi connectivity index (χ4v) is 3.53. The number of halogens is 2. The van der Waals surface area contributed by atoms with Crippen LogP contribution in [0.3, 0.4) is 0 Å². The zero-order valence-corrected chi connectivity index (χ0v) is 18.1. The van der Waals surface area contributed by atoms with Gasteiger partial charge in [-0.2, -0.15) is 0 Å². The molecule has 1 fully saturated rings. The Morgan fingerprint density at radius 3 is 2.47 bits per heavy atom. The van der Waals surface area contributed by atoms with E-state index in [2.05, 4.69) is 25.8 Å². The summed E-state index contributed by atoms with van der Waals surface area (Å²) in [6.45, 7) is 0. The van der Waals surface area contributed by atoms with Gasteiger partial charge in [-0.3, -0.25) is 9.59 Å². The van der Waals surface area contributed by atoms with E-state index in [-0.39, 0.29) is 35.6 Å². The van der Waals surface area contributed by atoms with Gasteiger partial charge in [-0.05, 0) is 43.9 Å². The van der Waals surface area contributed by atoms with Crippen LogP contribution in [0.25, 0.3) is 0 Å². The summed E-state index contributed by atoms with van der Waals surface area (Å²) in [6, 6.07) is 6.19. The molecule has 0 saturated heterocycles. The third-order valence-corrected chi connectivity index (χ3v) is 5.28. The third kappa shape index (κ3) is 5.63. The van der Waals surface area contributed by atoms with Crippen LogP contribution in [0.2, 0.25) is 0 Å². The second-order valence-corrected chi connectivity index (χ2v) is 7.62. The summed E-state index contributed by atoms with van der Waals surface area (Å²) in [7, 11) is 1.39. The number of nitrogens with zero attached hydrogens (tertiary/aromatic N) is 3. The Balaban J connectivity index is 1.28. The minimum atomic E-state index is -1.05. The summed E-state index contributed by atoms with van der Waals surface area (Å²) in [5.74, 6) is -2.94. The number of aromatic nitrogens is 3. The molecule has 1 aromatic carbocycles. The van der Waals surface area contributed by atoms with Crippen LogP contribution < -0.4 is 15.4 Å². The highest BCUT2D eigenvalue weighted by Gasteiger charge is 2.28. The summed E-state index contributed by atoms with van der Waals surface area (Å²) in [4.78, 5) is 28.2. The molecule has 0 spiro atoms. The molecule has 0 bridgehead atoms. The lowest BCUT2D eigenvalue weighted by atomic mass is 9.87. The quantitative estimate of drug-likeness (QED) is 0.492. The predicted octanol–water partition coefficient (Wildman–Crippen LogP) is 3.85. The molecule has 34 heavy (non-hydrogen) atoms. The molecule has 4 rings (SSSR count). The summed E-state index contributed by atoms with van der Waals surface area (Å²) in [5, 5.41) is 12.4. The molecule has 1 amide bonds. The third-order valence-electron chi connectivity index (χ3n) is 5.28. The Morgan fingerprint density at radius 2 is 1.79 bits per heavy atom. The standard InChI is InChI=1S/C22H21F2N5O5/c1-32-21(31)12-2-6-15(7-3-12)33-18-9-5-14(11-25-18)26-19(30)20-28-29-22(34-20)27-13-4-8-16(23)17(24)10-13/h4-5,8-12,15H,2-3,6-7H2,1H3,(H,26,30)(H,27,29). The molecule has 1 saturated carbocycles. The zero-order valence-electron chi connectivity index (χ0n) is 18.1. The highest BCUT2D eigenvalue weighted by molar-refractivity contribution is 6.00. The number of ether oxygens (including phenoxy) is 2. The molecule has 3 aromatic rings. The van der Waals surface area contributed by atoms with Crippen molar-refractivity contribution in [1.82, 2.24) is 15.2 Å². The number of methoxy groups -OCH3 is 1. The normalized spacial score (nSPS) is 17.6. The minimum Gasteiger partial charge on any atom is -0.474 e. The smallest absolute Gasteiger partial charge is 0.320 e. The van der Waals surface area contributed by atoms with Gasteiger partial charge in [0.1, 0.15) is 6.10 Å². The second kappa shape index (κ2) is 10.2. The number of benzene rings is 1. The number of pyridine rings is 1. The number of carbonyl (C=O) groups excluding carboxylic acids is 2. The number of anilines is 3. The van der Waals surface area contributed by atoms with Crippen LogP contribution in [0.15, 0.2) is 40.9 Å². The number of esters is 1. The van der Waals surface area contributed by atoms with Crippen molar-refractivity contribution in [3.8, 4) is 5.88 Å². The lowest BCUT2D eigenvalue weighted by Gasteiger charge is -2.27. The first-order valence-corrected chi connectivity index (χ1v) is 10.5. The average Bonchev–Trinajstić information content (AvgIpc) is 3.31. The number of hydrogen-bond donors (Lipinski definition) is 2. The molecule has 1 aliphatic carbocycles. The molecule has 0 atom stereocenters. The van der Waals surface area contributed by atoms with Crippen molar-refractivity contribution in [1.29, 1.82) is 0 Å². The van der Waals surface area contributed by atoms with Gasteiger partial charge in [0, 0.05) is 17.8 Å². The van der Waals surface area contributed by atoms with Crippen LogP contribution in [-0.2, 0) is 9.53 Å². The number of amides is 1. The van der Waals surface area contributed by atoms with Crippen molar-refractivity contribution < 1.29 is 32.3 Å². The summed E-state index contributed by atoms with van der Waals surface area (Å²) >= 11 is 0. The average molecular weight is 473 g/mol. The Hall–Kier alpha value is -4.09. The fraction of sp³-hybridized carbons (Fsp3) is 0.318. The van der Waals surface area contributed by atoms with Crippen LogP contribution in [0.1, 0.15) is 36.4 Å². The topological polar surface area (TPSA) is 128 Å². The molecule has 1 aliphatic rings. The van der Waals surface area contributed by atoms with Crippen molar-refractivity contribution in [3.63, 3.8) is 0 Å². The van der Waals surface area contributed by atoms with Crippen LogP contribution in [0, 0.1) is 17.6 Å². The molecular weight excluding hydrogens is 452 g/mol. The van der Waals surface area contributed by atoms with E-state index < -0.39 is 17.5 Å². The molecule has 178 valence electrons. The molecule has 12 heteroatoms. The van der Waals surface area contributed by atoms with Crippen LogP contribution >= 0.6 is 0 Å². The summed E-state index contributed by atoms with van der Waals surface area (Å²) in [6.07, 6.45) is 4.21. The van der Waals surface area contributed by atoms with Gasteiger partial charge in [-0.25, -0.2) is 13.8 Å². The van der Waals surface area contributed by atoms with Crippen LogP contribution in [0.5, 0.6) is 5.88 Å². The van der Waals surface area contributed by atoms with E-state index in [0.717, 1.165) is 25.0 Å². The first-order valence-electron chi connectivity index (χ1n) is 10.5.